The Morgan fingerprint density at radius 3 is 2.56 bits per heavy atom. The molecule has 1 aliphatic carbocycles. The predicted octanol–water partition coefficient (Wildman–Crippen LogP) is 2.56. The normalized spacial score (nSPS) is 15.9. The first-order valence-electron chi connectivity index (χ1n) is 8.36. The summed E-state index contributed by atoms with van der Waals surface area (Å²) < 4.78 is 14.7. The molecule has 1 saturated carbocycles. The van der Waals surface area contributed by atoms with Gasteiger partial charge in [0.15, 0.2) is 0 Å². The molecule has 1 aliphatic rings. The molecular formula is C18H20FN3O3. The number of nitrogens with one attached hydrogen (secondary N) is 1. The lowest BCUT2D eigenvalue weighted by Gasteiger charge is -2.14. The van der Waals surface area contributed by atoms with Crippen molar-refractivity contribution >= 4 is 11.9 Å². The topological polar surface area (TPSA) is 84.2 Å². The summed E-state index contributed by atoms with van der Waals surface area (Å²) in [6.45, 7) is 0. The van der Waals surface area contributed by atoms with Crippen molar-refractivity contribution in [3.05, 3.63) is 53.6 Å². The monoisotopic (exact) mass is 345 g/mol. The van der Waals surface area contributed by atoms with Gasteiger partial charge in [-0.25, -0.2) is 9.18 Å². The first kappa shape index (κ1) is 17.1. The van der Waals surface area contributed by atoms with Gasteiger partial charge in [0.05, 0.1) is 6.04 Å². The van der Waals surface area contributed by atoms with Crippen LogP contribution in [0.2, 0.25) is 0 Å². The molecule has 0 radical (unpaired) electrons. The van der Waals surface area contributed by atoms with Gasteiger partial charge in [-0.15, -0.1) is 0 Å². The Balaban J connectivity index is 1.66. The van der Waals surface area contributed by atoms with Crippen LogP contribution in [0, 0.1) is 5.82 Å². The highest BCUT2D eigenvalue weighted by molar-refractivity contribution is 5.94. The summed E-state index contributed by atoms with van der Waals surface area (Å²) in [4.78, 5) is 23.8. The van der Waals surface area contributed by atoms with Gasteiger partial charge in [-0.2, -0.15) is 5.10 Å². The van der Waals surface area contributed by atoms with Crippen molar-refractivity contribution in [3.63, 3.8) is 0 Å². The number of halogens is 1. The summed E-state index contributed by atoms with van der Waals surface area (Å²) in [5.41, 5.74) is 0.836. The molecule has 1 amide bonds. The van der Waals surface area contributed by atoms with E-state index in [1.807, 2.05) is 0 Å². The number of hydrogen-bond donors (Lipinski definition) is 2. The first-order valence-corrected chi connectivity index (χ1v) is 8.36. The van der Waals surface area contributed by atoms with Gasteiger partial charge in [-0.05, 0) is 36.6 Å². The maximum absolute atomic E-state index is 12.9. The number of aliphatic carboxylic acids is 1. The Kier molecular flexibility index (Phi) is 5.11. The van der Waals surface area contributed by atoms with E-state index in [4.69, 9.17) is 0 Å². The quantitative estimate of drug-likeness (QED) is 0.843. The molecule has 0 unspecified atom stereocenters. The molecule has 2 aromatic rings. The highest BCUT2D eigenvalue weighted by Crippen LogP contribution is 2.28. The molecule has 1 atom stereocenters. The Labute approximate surface area is 144 Å². The maximum Gasteiger partial charge on any atom is 0.326 e. The van der Waals surface area contributed by atoms with Crippen LogP contribution in [0.1, 0.15) is 47.8 Å². The summed E-state index contributed by atoms with van der Waals surface area (Å²) in [5.74, 6) is -2.06. The van der Waals surface area contributed by atoms with Crippen LogP contribution < -0.4 is 5.32 Å². The second-order valence-corrected chi connectivity index (χ2v) is 6.31. The number of benzene rings is 1. The summed E-state index contributed by atoms with van der Waals surface area (Å²) >= 11 is 0. The van der Waals surface area contributed by atoms with Gasteiger partial charge in [0.1, 0.15) is 17.6 Å². The van der Waals surface area contributed by atoms with Crippen molar-refractivity contribution in [2.75, 3.05) is 0 Å². The Hall–Kier alpha value is -2.70. The summed E-state index contributed by atoms with van der Waals surface area (Å²) in [5, 5.41) is 16.1. The van der Waals surface area contributed by atoms with Crippen LogP contribution in [0.15, 0.2) is 36.5 Å². The smallest absolute Gasteiger partial charge is 0.326 e. The van der Waals surface area contributed by atoms with E-state index in [1.54, 1.807) is 16.9 Å². The molecule has 1 aromatic heterocycles. The Morgan fingerprint density at radius 2 is 1.92 bits per heavy atom. The number of aromatic nitrogens is 2. The largest absolute Gasteiger partial charge is 0.480 e. The van der Waals surface area contributed by atoms with Gasteiger partial charge in [0, 0.05) is 12.6 Å². The zero-order valence-electron chi connectivity index (χ0n) is 13.7. The number of rotatable bonds is 6. The molecule has 6 nitrogen and oxygen atoms in total. The third kappa shape index (κ3) is 4.23. The minimum atomic E-state index is -1.15. The molecule has 0 saturated heterocycles. The van der Waals surface area contributed by atoms with Crippen LogP contribution in [0.3, 0.4) is 0 Å². The van der Waals surface area contributed by atoms with Crippen molar-refractivity contribution in [2.45, 2.75) is 44.2 Å². The fourth-order valence-corrected chi connectivity index (χ4v) is 3.12. The van der Waals surface area contributed by atoms with Crippen molar-refractivity contribution in [2.24, 2.45) is 0 Å². The number of nitrogens with zero attached hydrogens (tertiary/aromatic N) is 2. The standard InChI is InChI=1S/C18H20FN3O3/c19-13-7-5-12(6-8-13)11-16(18(24)25)20-17(23)15-9-10-22(21-15)14-3-1-2-4-14/h5-10,14,16H,1-4,11H2,(H,20,23)(H,24,25)/t16-/m0/s1. The van der Waals surface area contributed by atoms with Gasteiger partial charge in [-0.1, -0.05) is 25.0 Å². The fourth-order valence-electron chi connectivity index (χ4n) is 3.12. The molecule has 0 aliphatic heterocycles. The molecule has 1 fully saturated rings. The number of amides is 1. The van der Waals surface area contributed by atoms with Crippen LogP contribution in [0.25, 0.3) is 0 Å². The van der Waals surface area contributed by atoms with E-state index < -0.39 is 23.7 Å². The summed E-state index contributed by atoms with van der Waals surface area (Å²) in [7, 11) is 0. The second kappa shape index (κ2) is 7.46. The average molecular weight is 345 g/mol. The predicted molar refractivity (Wildman–Crippen MR) is 88.7 cm³/mol. The van der Waals surface area contributed by atoms with Crippen molar-refractivity contribution in [1.82, 2.24) is 15.1 Å². The fraction of sp³-hybridized carbons (Fsp3) is 0.389. The minimum absolute atomic E-state index is 0.0741. The van der Waals surface area contributed by atoms with Crippen LogP contribution in [0.5, 0.6) is 0 Å². The van der Waals surface area contributed by atoms with Gasteiger partial charge in [0.2, 0.25) is 0 Å². The molecule has 2 N–H and O–H groups in total. The molecule has 25 heavy (non-hydrogen) atoms. The lowest BCUT2D eigenvalue weighted by Crippen LogP contribution is -2.42. The van der Waals surface area contributed by atoms with Gasteiger partial charge >= 0.3 is 5.97 Å². The van der Waals surface area contributed by atoms with Gasteiger partial charge in [-0.3, -0.25) is 9.48 Å². The van der Waals surface area contributed by atoms with E-state index in [9.17, 15) is 19.1 Å². The number of carboxylic acids is 1. The highest BCUT2D eigenvalue weighted by atomic mass is 19.1. The molecule has 1 aromatic carbocycles. The zero-order chi connectivity index (χ0) is 17.8. The Morgan fingerprint density at radius 1 is 1.24 bits per heavy atom. The first-order chi connectivity index (χ1) is 12.0. The van der Waals surface area contributed by atoms with Gasteiger partial charge in [0.25, 0.3) is 5.91 Å². The number of carboxylic acid groups (broad SMARTS) is 1. The number of hydrogen-bond acceptors (Lipinski definition) is 3. The number of carbonyl (C=O) groups excluding carboxylic acids is 1. The van der Waals surface area contributed by atoms with E-state index in [1.165, 1.54) is 24.3 Å². The average Bonchev–Trinajstić information content (AvgIpc) is 3.27. The maximum atomic E-state index is 12.9. The second-order valence-electron chi connectivity index (χ2n) is 6.31. The third-order valence-electron chi connectivity index (χ3n) is 4.50. The lowest BCUT2D eigenvalue weighted by molar-refractivity contribution is -0.139. The van der Waals surface area contributed by atoms with Crippen molar-refractivity contribution in [1.29, 1.82) is 0 Å². The molecule has 1 heterocycles. The summed E-state index contributed by atoms with van der Waals surface area (Å²) in [6, 6.07) is 6.35. The lowest BCUT2D eigenvalue weighted by atomic mass is 10.1. The zero-order valence-corrected chi connectivity index (χ0v) is 13.7. The Bertz CT molecular complexity index is 751. The van der Waals surface area contributed by atoms with E-state index in [0.29, 0.717) is 11.6 Å². The third-order valence-corrected chi connectivity index (χ3v) is 4.50. The molecule has 3 rings (SSSR count). The van der Waals surface area contributed by atoms with Crippen LogP contribution in [-0.4, -0.2) is 32.8 Å². The highest BCUT2D eigenvalue weighted by Gasteiger charge is 2.24. The van der Waals surface area contributed by atoms with Crippen molar-refractivity contribution < 1.29 is 19.1 Å². The van der Waals surface area contributed by atoms with Crippen LogP contribution in [-0.2, 0) is 11.2 Å². The SMILES string of the molecule is O=C(N[C@@H](Cc1ccc(F)cc1)C(=O)O)c1ccn(C2CCCC2)n1. The summed E-state index contributed by atoms with van der Waals surface area (Å²) in [6.07, 6.45) is 6.25. The van der Waals surface area contributed by atoms with Crippen LogP contribution >= 0.6 is 0 Å². The molecule has 0 spiro atoms. The van der Waals surface area contributed by atoms with E-state index in [0.717, 1.165) is 25.7 Å². The minimum Gasteiger partial charge on any atom is -0.480 e. The van der Waals surface area contributed by atoms with Crippen molar-refractivity contribution in [3.8, 4) is 0 Å². The van der Waals surface area contributed by atoms with E-state index in [-0.39, 0.29) is 12.1 Å². The van der Waals surface area contributed by atoms with Gasteiger partial charge < -0.3 is 10.4 Å². The molecule has 0 bridgehead atoms. The molecule has 7 heteroatoms. The molecular weight excluding hydrogens is 325 g/mol. The van der Waals surface area contributed by atoms with Crippen LogP contribution in [0.4, 0.5) is 4.39 Å². The van der Waals surface area contributed by atoms with E-state index >= 15 is 0 Å². The number of carbonyl (C=O) groups is 2. The van der Waals surface area contributed by atoms with E-state index in [2.05, 4.69) is 10.4 Å². The molecule has 132 valence electrons.